The van der Waals surface area contributed by atoms with Gasteiger partial charge in [-0.15, -0.1) is 0 Å². The molecular formula is C21H28N2O4S. The van der Waals surface area contributed by atoms with Crippen molar-refractivity contribution in [2.24, 2.45) is 5.92 Å². The highest BCUT2D eigenvalue weighted by molar-refractivity contribution is 7.91. The standard InChI is InChI=1S/C21H28N2O4S/c1-14-12-16-13-18(8-9-19(16)23(14)21(25)15-6-7-15)28(26,27)11-10-20(24)22-17-4-2-3-5-17/h8-9,13-15,17H,2-7,10-12H2,1H3,(H,22,24). The van der Waals surface area contributed by atoms with Gasteiger partial charge in [0.25, 0.3) is 0 Å². The van der Waals surface area contributed by atoms with Crippen LogP contribution in [0.15, 0.2) is 23.1 Å². The second kappa shape index (κ2) is 7.50. The van der Waals surface area contributed by atoms with Crippen LogP contribution in [0.5, 0.6) is 0 Å². The number of hydrogen-bond donors (Lipinski definition) is 1. The van der Waals surface area contributed by atoms with E-state index in [9.17, 15) is 18.0 Å². The van der Waals surface area contributed by atoms with Crippen LogP contribution in [0, 0.1) is 5.92 Å². The number of hydrogen-bond acceptors (Lipinski definition) is 4. The Kier molecular flexibility index (Phi) is 5.21. The van der Waals surface area contributed by atoms with E-state index < -0.39 is 9.84 Å². The predicted octanol–water partition coefficient (Wildman–Crippen LogP) is 2.60. The van der Waals surface area contributed by atoms with Gasteiger partial charge in [-0.1, -0.05) is 12.8 Å². The van der Waals surface area contributed by atoms with Crippen LogP contribution in [0.1, 0.15) is 57.4 Å². The van der Waals surface area contributed by atoms with Gasteiger partial charge in [0.05, 0.1) is 10.6 Å². The van der Waals surface area contributed by atoms with Gasteiger partial charge in [0, 0.05) is 30.1 Å². The van der Waals surface area contributed by atoms with Crippen LogP contribution in [-0.2, 0) is 25.8 Å². The summed E-state index contributed by atoms with van der Waals surface area (Å²) in [6, 6.07) is 5.28. The average Bonchev–Trinajstić information content (AvgIpc) is 3.29. The van der Waals surface area contributed by atoms with Crippen molar-refractivity contribution >= 4 is 27.3 Å². The van der Waals surface area contributed by atoms with Gasteiger partial charge in [0.15, 0.2) is 9.84 Å². The molecule has 0 saturated heterocycles. The van der Waals surface area contributed by atoms with E-state index in [0.717, 1.165) is 49.8 Å². The molecule has 1 atom stereocenters. The first-order valence-electron chi connectivity index (χ1n) is 10.3. The van der Waals surface area contributed by atoms with Crippen LogP contribution >= 0.6 is 0 Å². The van der Waals surface area contributed by atoms with E-state index in [2.05, 4.69) is 5.32 Å². The summed E-state index contributed by atoms with van der Waals surface area (Å²) in [7, 11) is -3.53. The van der Waals surface area contributed by atoms with E-state index in [4.69, 9.17) is 0 Å². The fourth-order valence-corrected chi connectivity index (χ4v) is 5.67. The molecule has 1 aliphatic heterocycles. The number of anilines is 1. The molecule has 2 fully saturated rings. The molecule has 1 aromatic carbocycles. The van der Waals surface area contributed by atoms with E-state index in [1.807, 2.05) is 11.8 Å². The molecule has 3 aliphatic rings. The molecule has 1 heterocycles. The monoisotopic (exact) mass is 404 g/mol. The summed E-state index contributed by atoms with van der Waals surface area (Å²) in [5, 5.41) is 2.94. The number of nitrogens with zero attached hydrogens (tertiary/aromatic N) is 1. The van der Waals surface area contributed by atoms with E-state index in [-0.39, 0.29) is 46.9 Å². The number of amides is 2. The molecule has 2 saturated carbocycles. The van der Waals surface area contributed by atoms with Gasteiger partial charge in [-0.3, -0.25) is 9.59 Å². The van der Waals surface area contributed by atoms with E-state index >= 15 is 0 Å². The normalized spacial score (nSPS) is 22.3. The minimum Gasteiger partial charge on any atom is -0.353 e. The molecule has 2 aliphatic carbocycles. The van der Waals surface area contributed by atoms with Crippen LogP contribution in [0.25, 0.3) is 0 Å². The fourth-order valence-electron chi connectivity index (χ4n) is 4.38. The SMILES string of the molecule is CC1Cc2cc(S(=O)(=O)CCC(=O)NC3CCCC3)ccc2N1C(=O)C1CC1. The maximum atomic E-state index is 12.7. The number of benzene rings is 1. The van der Waals surface area contributed by atoms with Crippen molar-refractivity contribution in [1.29, 1.82) is 0 Å². The molecule has 0 spiro atoms. The summed E-state index contributed by atoms with van der Waals surface area (Å²) in [6.45, 7) is 2.00. The maximum Gasteiger partial charge on any atom is 0.230 e. The van der Waals surface area contributed by atoms with Crippen LogP contribution in [0.2, 0.25) is 0 Å². The summed E-state index contributed by atoms with van der Waals surface area (Å²) < 4.78 is 25.5. The molecule has 0 bridgehead atoms. The third-order valence-electron chi connectivity index (χ3n) is 6.11. The molecule has 1 N–H and O–H groups in total. The lowest BCUT2D eigenvalue weighted by Crippen LogP contribution is -2.36. The topological polar surface area (TPSA) is 83.6 Å². The van der Waals surface area contributed by atoms with Crippen molar-refractivity contribution in [3.63, 3.8) is 0 Å². The van der Waals surface area contributed by atoms with Gasteiger partial charge in [0.1, 0.15) is 0 Å². The zero-order valence-corrected chi connectivity index (χ0v) is 17.1. The van der Waals surface area contributed by atoms with Gasteiger partial charge in [-0.05, 0) is 62.8 Å². The molecular weight excluding hydrogens is 376 g/mol. The third kappa shape index (κ3) is 3.95. The van der Waals surface area contributed by atoms with Crippen LogP contribution < -0.4 is 10.2 Å². The minimum atomic E-state index is -3.53. The van der Waals surface area contributed by atoms with Gasteiger partial charge >= 0.3 is 0 Å². The smallest absolute Gasteiger partial charge is 0.230 e. The highest BCUT2D eigenvalue weighted by atomic mass is 32.2. The maximum absolute atomic E-state index is 12.7. The lowest BCUT2D eigenvalue weighted by molar-refractivity contribution is -0.121. The third-order valence-corrected chi connectivity index (χ3v) is 7.82. The van der Waals surface area contributed by atoms with Crippen LogP contribution in [0.3, 0.4) is 0 Å². The Bertz CT molecular complexity index is 886. The molecule has 6 nitrogen and oxygen atoms in total. The molecule has 1 aromatic rings. The summed E-state index contributed by atoms with van der Waals surface area (Å²) in [4.78, 5) is 26.7. The largest absolute Gasteiger partial charge is 0.353 e. The second-order valence-electron chi connectivity index (χ2n) is 8.44. The number of nitrogens with one attached hydrogen (secondary N) is 1. The van der Waals surface area contributed by atoms with Crippen molar-refractivity contribution in [3.8, 4) is 0 Å². The van der Waals surface area contributed by atoms with Crippen molar-refractivity contribution in [2.45, 2.75) is 75.3 Å². The minimum absolute atomic E-state index is 0.0153. The lowest BCUT2D eigenvalue weighted by Gasteiger charge is -2.22. The van der Waals surface area contributed by atoms with Gasteiger partial charge in [-0.25, -0.2) is 8.42 Å². The van der Waals surface area contributed by atoms with Crippen molar-refractivity contribution in [1.82, 2.24) is 5.32 Å². The Morgan fingerprint density at radius 1 is 1.14 bits per heavy atom. The Balaban J connectivity index is 1.43. The number of rotatable bonds is 6. The van der Waals surface area contributed by atoms with E-state index in [0.29, 0.717) is 6.42 Å². The first-order valence-corrected chi connectivity index (χ1v) is 12.0. The highest BCUT2D eigenvalue weighted by Crippen LogP contribution is 2.39. The van der Waals surface area contributed by atoms with Crippen LogP contribution in [-0.4, -0.2) is 38.1 Å². The molecule has 28 heavy (non-hydrogen) atoms. The molecule has 1 unspecified atom stereocenters. The van der Waals surface area contributed by atoms with Gasteiger partial charge < -0.3 is 10.2 Å². The summed E-state index contributed by atoms with van der Waals surface area (Å²) >= 11 is 0. The molecule has 0 aromatic heterocycles. The Labute approximate surface area is 166 Å². The average molecular weight is 405 g/mol. The predicted molar refractivity (Wildman–Crippen MR) is 107 cm³/mol. The Hall–Kier alpha value is -1.89. The number of carbonyl (C=O) groups is 2. The number of fused-ring (bicyclic) bond motifs is 1. The van der Waals surface area contributed by atoms with Crippen molar-refractivity contribution in [3.05, 3.63) is 23.8 Å². The van der Waals surface area contributed by atoms with Crippen LogP contribution in [0.4, 0.5) is 5.69 Å². The molecule has 4 rings (SSSR count). The quantitative estimate of drug-likeness (QED) is 0.790. The molecule has 2 amide bonds. The zero-order valence-electron chi connectivity index (χ0n) is 16.3. The summed E-state index contributed by atoms with van der Waals surface area (Å²) in [5.74, 6) is -0.0861. The number of sulfone groups is 1. The lowest BCUT2D eigenvalue weighted by atomic mass is 10.1. The summed E-state index contributed by atoms with van der Waals surface area (Å²) in [6.07, 6.45) is 6.76. The van der Waals surface area contributed by atoms with E-state index in [1.54, 1.807) is 18.2 Å². The zero-order chi connectivity index (χ0) is 19.9. The first-order chi connectivity index (χ1) is 13.3. The van der Waals surface area contributed by atoms with Gasteiger partial charge in [0.2, 0.25) is 11.8 Å². The summed E-state index contributed by atoms with van der Waals surface area (Å²) in [5.41, 5.74) is 1.74. The molecule has 0 radical (unpaired) electrons. The Morgan fingerprint density at radius 3 is 2.54 bits per heavy atom. The molecule has 152 valence electrons. The first kappa shape index (κ1) is 19.4. The van der Waals surface area contributed by atoms with Gasteiger partial charge in [-0.2, -0.15) is 0 Å². The fraction of sp³-hybridized carbons (Fsp3) is 0.619. The number of carbonyl (C=O) groups excluding carboxylic acids is 2. The van der Waals surface area contributed by atoms with Crippen molar-refractivity contribution in [2.75, 3.05) is 10.7 Å². The second-order valence-corrected chi connectivity index (χ2v) is 10.6. The Morgan fingerprint density at radius 2 is 1.86 bits per heavy atom. The highest BCUT2D eigenvalue weighted by Gasteiger charge is 2.39. The van der Waals surface area contributed by atoms with E-state index in [1.165, 1.54) is 0 Å². The molecule has 7 heteroatoms. The van der Waals surface area contributed by atoms with Crippen molar-refractivity contribution < 1.29 is 18.0 Å².